The number of amides is 1. The molecule has 0 saturated heterocycles. The molecule has 0 bridgehead atoms. The molecule has 21 heavy (non-hydrogen) atoms. The van der Waals surface area contributed by atoms with Gasteiger partial charge in [-0.1, -0.05) is 18.2 Å². The van der Waals surface area contributed by atoms with E-state index in [0.29, 0.717) is 17.8 Å². The Labute approximate surface area is 126 Å². The van der Waals surface area contributed by atoms with Crippen LogP contribution in [0.2, 0.25) is 0 Å². The fraction of sp³-hybridized carbons (Fsp3) is 0.188. The maximum absolute atomic E-state index is 13.7. The molecule has 0 aromatic heterocycles. The molecule has 2 aromatic carbocycles. The predicted molar refractivity (Wildman–Crippen MR) is 84.0 cm³/mol. The fourth-order valence-corrected chi connectivity index (χ4v) is 3.37. The number of nitrogens with zero attached hydrogens (tertiary/aromatic N) is 1. The number of nitrogen functional groups attached to an aromatic ring is 1. The lowest BCUT2D eigenvalue weighted by Crippen LogP contribution is -2.36. The Hall–Kier alpha value is -2.01. The van der Waals surface area contributed by atoms with Gasteiger partial charge < -0.3 is 10.6 Å². The van der Waals surface area contributed by atoms with E-state index in [1.54, 1.807) is 40.9 Å². The van der Waals surface area contributed by atoms with Crippen LogP contribution >= 0.6 is 11.8 Å². The quantitative estimate of drug-likeness (QED) is 0.867. The van der Waals surface area contributed by atoms with E-state index in [1.807, 2.05) is 12.1 Å². The van der Waals surface area contributed by atoms with Crippen molar-refractivity contribution in [3.05, 3.63) is 53.8 Å². The maximum Gasteiger partial charge on any atom is 0.231 e. The van der Waals surface area contributed by atoms with Crippen LogP contribution in [0.15, 0.2) is 47.4 Å². The first-order chi connectivity index (χ1) is 10.1. The maximum atomic E-state index is 13.7. The monoisotopic (exact) mass is 302 g/mol. The van der Waals surface area contributed by atoms with Gasteiger partial charge in [0.05, 0.1) is 12.1 Å². The van der Waals surface area contributed by atoms with Crippen molar-refractivity contribution in [1.29, 1.82) is 0 Å². The normalized spacial score (nSPS) is 13.9. The van der Waals surface area contributed by atoms with Crippen LogP contribution in [0, 0.1) is 5.82 Å². The molecule has 0 aliphatic carbocycles. The van der Waals surface area contributed by atoms with Crippen molar-refractivity contribution in [1.82, 2.24) is 0 Å². The molecular formula is C16H15FN2OS. The van der Waals surface area contributed by atoms with E-state index < -0.39 is 0 Å². The van der Waals surface area contributed by atoms with Gasteiger partial charge in [0.2, 0.25) is 5.91 Å². The van der Waals surface area contributed by atoms with Crippen LogP contribution in [0.5, 0.6) is 0 Å². The lowest BCUT2D eigenvalue weighted by Gasteiger charge is -2.29. The highest BCUT2D eigenvalue weighted by atomic mass is 32.2. The first-order valence-electron chi connectivity index (χ1n) is 6.71. The standard InChI is InChI=1S/C16H15FN2OS/c17-13-4-2-1-3-11(13)9-16(20)19-7-8-21-15-6-5-12(18)10-14(15)19/h1-6,10H,7-9,18H2. The van der Waals surface area contributed by atoms with Crippen LogP contribution in [-0.4, -0.2) is 18.2 Å². The summed E-state index contributed by atoms with van der Waals surface area (Å²) in [5.41, 5.74) is 7.69. The van der Waals surface area contributed by atoms with Gasteiger partial charge in [-0.2, -0.15) is 0 Å². The smallest absolute Gasteiger partial charge is 0.231 e. The minimum absolute atomic E-state index is 0.0611. The first kappa shape index (κ1) is 13.9. The van der Waals surface area contributed by atoms with Crippen molar-refractivity contribution < 1.29 is 9.18 Å². The molecule has 2 aromatic rings. The lowest BCUT2D eigenvalue weighted by atomic mass is 10.1. The number of halogens is 1. The second-order valence-electron chi connectivity index (χ2n) is 4.89. The van der Waals surface area contributed by atoms with E-state index >= 15 is 0 Å². The number of hydrogen-bond donors (Lipinski definition) is 1. The summed E-state index contributed by atoms with van der Waals surface area (Å²) in [7, 11) is 0. The molecule has 1 aliphatic rings. The van der Waals surface area contributed by atoms with Gasteiger partial charge in [-0.05, 0) is 29.8 Å². The summed E-state index contributed by atoms with van der Waals surface area (Å²) in [6.45, 7) is 0.619. The van der Waals surface area contributed by atoms with E-state index in [1.165, 1.54) is 6.07 Å². The number of anilines is 2. The Morgan fingerprint density at radius 3 is 2.90 bits per heavy atom. The Balaban J connectivity index is 1.87. The van der Waals surface area contributed by atoms with Gasteiger partial charge in [0.15, 0.2) is 0 Å². The third kappa shape index (κ3) is 2.88. The fourth-order valence-electron chi connectivity index (χ4n) is 2.39. The van der Waals surface area contributed by atoms with Gasteiger partial charge in [-0.15, -0.1) is 11.8 Å². The average molecular weight is 302 g/mol. The summed E-state index contributed by atoms with van der Waals surface area (Å²) in [5.74, 6) is 0.386. The minimum Gasteiger partial charge on any atom is -0.399 e. The molecule has 0 atom stereocenters. The third-order valence-corrected chi connectivity index (χ3v) is 4.49. The highest BCUT2D eigenvalue weighted by Gasteiger charge is 2.23. The van der Waals surface area contributed by atoms with Gasteiger partial charge in [0, 0.05) is 22.9 Å². The molecular weight excluding hydrogens is 287 g/mol. The summed E-state index contributed by atoms with van der Waals surface area (Å²) in [5, 5.41) is 0. The van der Waals surface area contributed by atoms with Gasteiger partial charge in [0.25, 0.3) is 0 Å². The Morgan fingerprint density at radius 2 is 2.10 bits per heavy atom. The van der Waals surface area contributed by atoms with Crippen molar-refractivity contribution in [3.8, 4) is 0 Å². The van der Waals surface area contributed by atoms with Crippen LogP contribution in [-0.2, 0) is 11.2 Å². The molecule has 1 aliphatic heterocycles. The summed E-state index contributed by atoms with van der Waals surface area (Å²) in [4.78, 5) is 15.2. The molecule has 0 spiro atoms. The number of benzene rings is 2. The second kappa shape index (κ2) is 5.77. The van der Waals surface area contributed by atoms with Crippen molar-refractivity contribution >= 4 is 29.0 Å². The zero-order valence-electron chi connectivity index (χ0n) is 11.4. The van der Waals surface area contributed by atoms with E-state index in [2.05, 4.69) is 0 Å². The van der Waals surface area contributed by atoms with Gasteiger partial charge in [0.1, 0.15) is 5.82 Å². The molecule has 0 fully saturated rings. The molecule has 1 heterocycles. The van der Waals surface area contributed by atoms with E-state index in [4.69, 9.17) is 5.73 Å². The summed E-state index contributed by atoms with van der Waals surface area (Å²) < 4.78 is 13.7. The number of thioether (sulfide) groups is 1. The second-order valence-corrected chi connectivity index (χ2v) is 6.03. The molecule has 5 heteroatoms. The number of fused-ring (bicyclic) bond motifs is 1. The van der Waals surface area contributed by atoms with Crippen molar-refractivity contribution in [2.24, 2.45) is 0 Å². The van der Waals surface area contributed by atoms with Crippen LogP contribution in [0.1, 0.15) is 5.56 Å². The molecule has 3 rings (SSSR count). The number of carbonyl (C=O) groups is 1. The molecule has 0 unspecified atom stereocenters. The van der Waals surface area contributed by atoms with Crippen molar-refractivity contribution in [3.63, 3.8) is 0 Å². The molecule has 108 valence electrons. The number of nitrogens with two attached hydrogens (primary N) is 1. The zero-order chi connectivity index (χ0) is 14.8. The van der Waals surface area contributed by atoms with Crippen LogP contribution < -0.4 is 10.6 Å². The summed E-state index contributed by atoms with van der Waals surface area (Å²) in [6.07, 6.45) is 0.0611. The van der Waals surface area contributed by atoms with E-state index in [9.17, 15) is 9.18 Å². The highest BCUT2D eigenvalue weighted by Crippen LogP contribution is 2.36. The van der Waals surface area contributed by atoms with Crippen LogP contribution in [0.25, 0.3) is 0 Å². The Morgan fingerprint density at radius 1 is 1.29 bits per heavy atom. The SMILES string of the molecule is Nc1ccc2c(c1)N(C(=O)Cc1ccccc1F)CCS2. The number of hydrogen-bond acceptors (Lipinski definition) is 3. The first-order valence-corrected chi connectivity index (χ1v) is 7.70. The third-order valence-electron chi connectivity index (χ3n) is 3.45. The van der Waals surface area contributed by atoms with Crippen LogP contribution in [0.3, 0.4) is 0 Å². The van der Waals surface area contributed by atoms with Gasteiger partial charge >= 0.3 is 0 Å². The highest BCUT2D eigenvalue weighted by molar-refractivity contribution is 7.99. The van der Waals surface area contributed by atoms with Gasteiger partial charge in [-0.3, -0.25) is 4.79 Å². The van der Waals surface area contributed by atoms with Gasteiger partial charge in [-0.25, -0.2) is 4.39 Å². The predicted octanol–water partition coefficient (Wildman–Crippen LogP) is 3.09. The topological polar surface area (TPSA) is 46.3 Å². The number of carbonyl (C=O) groups excluding carboxylic acids is 1. The number of rotatable bonds is 2. The average Bonchev–Trinajstić information content (AvgIpc) is 2.49. The van der Waals surface area contributed by atoms with E-state index in [-0.39, 0.29) is 18.1 Å². The zero-order valence-corrected chi connectivity index (χ0v) is 12.2. The largest absolute Gasteiger partial charge is 0.399 e. The Kier molecular flexibility index (Phi) is 3.84. The van der Waals surface area contributed by atoms with E-state index in [0.717, 1.165) is 16.3 Å². The minimum atomic E-state index is -0.343. The van der Waals surface area contributed by atoms with Crippen molar-refractivity contribution in [2.45, 2.75) is 11.3 Å². The molecule has 3 nitrogen and oxygen atoms in total. The molecule has 1 amide bonds. The summed E-state index contributed by atoms with van der Waals surface area (Å²) in [6, 6.07) is 11.9. The molecule has 2 N–H and O–H groups in total. The van der Waals surface area contributed by atoms with Crippen molar-refractivity contribution in [2.75, 3.05) is 22.9 Å². The summed E-state index contributed by atoms with van der Waals surface area (Å²) >= 11 is 1.70. The van der Waals surface area contributed by atoms with Crippen LogP contribution in [0.4, 0.5) is 15.8 Å². The molecule has 0 radical (unpaired) electrons. The lowest BCUT2D eigenvalue weighted by molar-refractivity contribution is -0.118. The molecule has 0 saturated carbocycles. The Bertz CT molecular complexity index is 690.